The molecule has 0 saturated heterocycles. The summed E-state index contributed by atoms with van der Waals surface area (Å²) in [6, 6.07) is 6.40. The topological polar surface area (TPSA) is 50.2 Å². The first kappa shape index (κ1) is 15.0. The molecule has 0 bridgehead atoms. The molecule has 1 fully saturated rings. The molecule has 1 aromatic heterocycles. The van der Waals surface area contributed by atoms with Gasteiger partial charge in [0.15, 0.2) is 0 Å². The molecule has 1 aliphatic carbocycles. The Morgan fingerprint density at radius 3 is 2.86 bits per heavy atom. The van der Waals surface area contributed by atoms with E-state index < -0.39 is 0 Å². The van der Waals surface area contributed by atoms with E-state index in [0.29, 0.717) is 18.2 Å². The van der Waals surface area contributed by atoms with Gasteiger partial charge in [0.05, 0.1) is 17.4 Å². The van der Waals surface area contributed by atoms with Crippen LogP contribution in [0, 0.1) is 0 Å². The van der Waals surface area contributed by atoms with Gasteiger partial charge in [-0.25, -0.2) is 4.98 Å². The zero-order chi connectivity index (χ0) is 15.5. The molecule has 1 amide bonds. The lowest BCUT2D eigenvalue weighted by atomic mass is 10.1. The van der Waals surface area contributed by atoms with Crippen LogP contribution in [-0.2, 0) is 0 Å². The number of nitrogens with zero attached hydrogens (tertiary/aromatic N) is 3. The van der Waals surface area contributed by atoms with Gasteiger partial charge in [-0.05, 0) is 45.1 Å². The molecule has 1 saturated carbocycles. The summed E-state index contributed by atoms with van der Waals surface area (Å²) in [5, 5.41) is 2.94. The maximum absolute atomic E-state index is 12.2. The first-order valence-corrected chi connectivity index (χ1v) is 8.04. The lowest BCUT2D eigenvalue weighted by Gasteiger charge is -2.12. The summed E-state index contributed by atoms with van der Waals surface area (Å²) in [6.07, 6.45) is 7.00. The standard InChI is InChI=1S/C17H24N4O/c1-20(2)10-9-18-17(22)13-7-8-16-15(11-13)19-12-21(16)14-5-3-4-6-14/h7-8,11-12,14H,3-6,9-10H2,1-2H3,(H,18,22). The highest BCUT2D eigenvalue weighted by molar-refractivity contribution is 5.97. The first-order valence-electron chi connectivity index (χ1n) is 8.04. The molecule has 0 radical (unpaired) electrons. The van der Waals surface area contributed by atoms with Gasteiger partial charge in [-0.2, -0.15) is 0 Å². The van der Waals surface area contributed by atoms with Gasteiger partial charge in [0.2, 0.25) is 0 Å². The second-order valence-corrected chi connectivity index (χ2v) is 6.35. The average Bonchev–Trinajstić information content (AvgIpc) is 3.14. The second kappa shape index (κ2) is 6.48. The highest BCUT2D eigenvalue weighted by Crippen LogP contribution is 2.32. The lowest BCUT2D eigenvalue weighted by Crippen LogP contribution is -2.31. The van der Waals surface area contributed by atoms with Crippen molar-refractivity contribution in [3.63, 3.8) is 0 Å². The van der Waals surface area contributed by atoms with Crippen LogP contribution in [0.1, 0.15) is 42.1 Å². The predicted molar refractivity (Wildman–Crippen MR) is 88.1 cm³/mol. The van der Waals surface area contributed by atoms with Crippen molar-refractivity contribution in [1.82, 2.24) is 19.8 Å². The number of hydrogen-bond donors (Lipinski definition) is 1. The molecule has 5 nitrogen and oxygen atoms in total. The van der Waals surface area contributed by atoms with E-state index in [1.54, 1.807) is 0 Å². The summed E-state index contributed by atoms with van der Waals surface area (Å²) in [4.78, 5) is 18.7. The summed E-state index contributed by atoms with van der Waals surface area (Å²) in [5.41, 5.74) is 2.73. The minimum absolute atomic E-state index is 0.0285. The molecular formula is C17H24N4O. The summed E-state index contributed by atoms with van der Waals surface area (Å²) in [7, 11) is 3.99. The van der Waals surface area contributed by atoms with Gasteiger partial charge < -0.3 is 14.8 Å². The Morgan fingerprint density at radius 1 is 1.36 bits per heavy atom. The van der Waals surface area contributed by atoms with E-state index in [9.17, 15) is 4.79 Å². The van der Waals surface area contributed by atoms with Crippen molar-refractivity contribution in [3.05, 3.63) is 30.1 Å². The normalized spacial score (nSPS) is 15.8. The van der Waals surface area contributed by atoms with Crippen LogP contribution in [0.4, 0.5) is 0 Å². The van der Waals surface area contributed by atoms with Crippen LogP contribution < -0.4 is 5.32 Å². The molecule has 3 rings (SSSR count). The predicted octanol–water partition coefficient (Wildman–Crippen LogP) is 2.44. The molecule has 0 spiro atoms. The number of nitrogens with one attached hydrogen (secondary N) is 1. The van der Waals surface area contributed by atoms with Crippen LogP contribution >= 0.6 is 0 Å². The number of aromatic nitrogens is 2. The van der Waals surface area contributed by atoms with Gasteiger partial charge in [0.1, 0.15) is 0 Å². The van der Waals surface area contributed by atoms with Gasteiger partial charge in [-0.3, -0.25) is 4.79 Å². The number of fused-ring (bicyclic) bond motifs is 1. The smallest absolute Gasteiger partial charge is 0.251 e. The molecule has 2 aromatic rings. The number of likely N-dealkylation sites (N-methyl/N-ethyl adjacent to an activating group) is 1. The van der Waals surface area contributed by atoms with Crippen LogP contribution in [0.2, 0.25) is 0 Å². The van der Waals surface area contributed by atoms with E-state index in [1.165, 1.54) is 25.7 Å². The SMILES string of the molecule is CN(C)CCNC(=O)c1ccc2c(c1)ncn2C1CCCC1. The number of benzene rings is 1. The van der Waals surface area contributed by atoms with Gasteiger partial charge in [-0.1, -0.05) is 12.8 Å². The van der Waals surface area contributed by atoms with E-state index in [0.717, 1.165) is 17.6 Å². The minimum Gasteiger partial charge on any atom is -0.351 e. The Labute approximate surface area is 131 Å². The van der Waals surface area contributed by atoms with Crippen molar-refractivity contribution in [2.24, 2.45) is 0 Å². The van der Waals surface area contributed by atoms with Crippen molar-refractivity contribution in [3.8, 4) is 0 Å². The highest BCUT2D eigenvalue weighted by atomic mass is 16.1. The lowest BCUT2D eigenvalue weighted by molar-refractivity contribution is 0.0951. The third-order valence-corrected chi connectivity index (χ3v) is 4.40. The van der Waals surface area contributed by atoms with Crippen molar-refractivity contribution in [2.45, 2.75) is 31.7 Å². The fourth-order valence-electron chi connectivity index (χ4n) is 3.14. The molecule has 0 atom stereocenters. The maximum Gasteiger partial charge on any atom is 0.251 e. The monoisotopic (exact) mass is 300 g/mol. The van der Waals surface area contributed by atoms with Crippen molar-refractivity contribution in [2.75, 3.05) is 27.2 Å². The van der Waals surface area contributed by atoms with Gasteiger partial charge in [0, 0.05) is 24.7 Å². The number of amides is 1. The Balaban J connectivity index is 1.74. The Morgan fingerprint density at radius 2 is 2.14 bits per heavy atom. The van der Waals surface area contributed by atoms with Crippen LogP contribution in [-0.4, -0.2) is 47.5 Å². The van der Waals surface area contributed by atoms with Gasteiger partial charge in [-0.15, -0.1) is 0 Å². The number of carbonyl (C=O) groups is 1. The quantitative estimate of drug-likeness (QED) is 0.922. The van der Waals surface area contributed by atoms with Gasteiger partial charge in [0.25, 0.3) is 5.91 Å². The first-order chi connectivity index (χ1) is 10.6. The second-order valence-electron chi connectivity index (χ2n) is 6.35. The molecule has 1 aliphatic rings. The van der Waals surface area contributed by atoms with Crippen LogP contribution in [0.15, 0.2) is 24.5 Å². The molecule has 1 heterocycles. The van der Waals surface area contributed by atoms with E-state index >= 15 is 0 Å². The maximum atomic E-state index is 12.2. The van der Waals surface area contributed by atoms with Gasteiger partial charge >= 0.3 is 0 Å². The largest absolute Gasteiger partial charge is 0.351 e. The average molecular weight is 300 g/mol. The third-order valence-electron chi connectivity index (χ3n) is 4.40. The zero-order valence-electron chi connectivity index (χ0n) is 13.4. The van der Waals surface area contributed by atoms with Crippen LogP contribution in [0.3, 0.4) is 0 Å². The van der Waals surface area contributed by atoms with E-state index in [-0.39, 0.29) is 5.91 Å². The Hall–Kier alpha value is -1.88. The summed E-state index contributed by atoms with van der Waals surface area (Å²) >= 11 is 0. The van der Waals surface area contributed by atoms with E-state index in [1.807, 2.05) is 43.5 Å². The number of hydrogen-bond acceptors (Lipinski definition) is 3. The molecule has 0 aliphatic heterocycles. The van der Waals surface area contributed by atoms with Crippen molar-refractivity contribution in [1.29, 1.82) is 0 Å². The van der Waals surface area contributed by atoms with E-state index in [2.05, 4.69) is 14.9 Å². The number of imidazole rings is 1. The molecule has 1 aromatic carbocycles. The number of carbonyl (C=O) groups excluding carboxylic acids is 1. The molecule has 22 heavy (non-hydrogen) atoms. The van der Waals surface area contributed by atoms with Crippen LogP contribution in [0.5, 0.6) is 0 Å². The Bertz CT molecular complexity index is 656. The highest BCUT2D eigenvalue weighted by Gasteiger charge is 2.19. The fourth-order valence-corrected chi connectivity index (χ4v) is 3.14. The minimum atomic E-state index is -0.0285. The van der Waals surface area contributed by atoms with Crippen molar-refractivity contribution >= 4 is 16.9 Å². The molecule has 118 valence electrons. The fraction of sp³-hybridized carbons (Fsp3) is 0.529. The molecular weight excluding hydrogens is 276 g/mol. The third kappa shape index (κ3) is 3.14. The molecule has 0 unspecified atom stereocenters. The summed E-state index contributed by atoms with van der Waals surface area (Å²) in [5.74, 6) is -0.0285. The van der Waals surface area contributed by atoms with E-state index in [4.69, 9.17) is 0 Å². The summed E-state index contributed by atoms with van der Waals surface area (Å²) in [6.45, 7) is 1.49. The number of rotatable bonds is 5. The Kier molecular flexibility index (Phi) is 4.43. The van der Waals surface area contributed by atoms with Crippen molar-refractivity contribution < 1.29 is 4.79 Å². The zero-order valence-corrected chi connectivity index (χ0v) is 13.4. The molecule has 5 heteroatoms. The van der Waals surface area contributed by atoms with Crippen LogP contribution in [0.25, 0.3) is 11.0 Å². The molecule has 1 N–H and O–H groups in total. The summed E-state index contributed by atoms with van der Waals surface area (Å²) < 4.78 is 2.27.